The van der Waals surface area contributed by atoms with Gasteiger partial charge in [0.25, 0.3) is 0 Å². The van der Waals surface area contributed by atoms with Crippen molar-refractivity contribution in [1.82, 2.24) is 4.98 Å². The van der Waals surface area contributed by atoms with Gasteiger partial charge >= 0.3 is 0 Å². The first-order valence-corrected chi connectivity index (χ1v) is 10.7. The van der Waals surface area contributed by atoms with Crippen LogP contribution >= 0.6 is 11.6 Å². The van der Waals surface area contributed by atoms with Gasteiger partial charge in [0.2, 0.25) is 0 Å². The van der Waals surface area contributed by atoms with Gasteiger partial charge < -0.3 is 0 Å². The molecule has 0 N–H and O–H groups in total. The van der Waals surface area contributed by atoms with Gasteiger partial charge in [-0.1, -0.05) is 104 Å². The van der Waals surface area contributed by atoms with E-state index in [1.165, 1.54) is 11.1 Å². The number of nitrogens with zero attached hydrogens (tertiary/aromatic N) is 1. The van der Waals surface area contributed by atoms with Crippen LogP contribution in [-0.4, -0.2) is 4.98 Å². The van der Waals surface area contributed by atoms with E-state index in [9.17, 15) is 0 Å². The standard InChI is InChI=1S/C29H24ClN/c1-3-8-21(4-2)19-28(22-14-16-26(30)17-15-22)25-11-5-10-24(20-25)27-13-6-9-23-12-7-18-31-29(23)27/h3-18,20,28H,1-2,19H2/b21-8+. The Bertz CT molecular complexity index is 1250. The lowest BCUT2D eigenvalue weighted by atomic mass is 9.84. The van der Waals surface area contributed by atoms with Crippen molar-refractivity contribution in [2.75, 3.05) is 0 Å². The van der Waals surface area contributed by atoms with E-state index in [0.29, 0.717) is 0 Å². The maximum Gasteiger partial charge on any atom is 0.0780 e. The van der Waals surface area contributed by atoms with Crippen LogP contribution in [0.3, 0.4) is 0 Å². The molecule has 31 heavy (non-hydrogen) atoms. The van der Waals surface area contributed by atoms with Crippen molar-refractivity contribution in [3.05, 3.63) is 138 Å². The van der Waals surface area contributed by atoms with Crippen LogP contribution in [0.15, 0.2) is 122 Å². The lowest BCUT2D eigenvalue weighted by Crippen LogP contribution is -2.03. The van der Waals surface area contributed by atoms with E-state index >= 15 is 0 Å². The first-order chi connectivity index (χ1) is 15.2. The fraction of sp³-hybridized carbons (Fsp3) is 0.0690. The number of allylic oxidation sites excluding steroid dienone is 4. The second-order valence-electron chi connectivity index (χ2n) is 7.50. The SMILES string of the molecule is C=C/C=C(\C=C)CC(c1ccc(Cl)cc1)c1cccc(-c2cccc3cccnc23)c1. The van der Waals surface area contributed by atoms with Gasteiger partial charge in [-0.15, -0.1) is 0 Å². The van der Waals surface area contributed by atoms with Crippen molar-refractivity contribution in [3.8, 4) is 11.1 Å². The third-order valence-corrected chi connectivity index (χ3v) is 5.79. The summed E-state index contributed by atoms with van der Waals surface area (Å²) < 4.78 is 0. The fourth-order valence-electron chi connectivity index (χ4n) is 3.99. The smallest absolute Gasteiger partial charge is 0.0780 e. The van der Waals surface area contributed by atoms with E-state index in [1.807, 2.05) is 42.6 Å². The molecule has 0 saturated carbocycles. The second kappa shape index (κ2) is 9.59. The average Bonchev–Trinajstić information content (AvgIpc) is 2.82. The van der Waals surface area contributed by atoms with E-state index in [2.05, 4.69) is 78.8 Å². The molecule has 0 saturated heterocycles. The van der Waals surface area contributed by atoms with Gasteiger partial charge in [0.05, 0.1) is 5.52 Å². The largest absolute Gasteiger partial charge is 0.256 e. The molecule has 152 valence electrons. The Morgan fingerprint density at radius 3 is 2.45 bits per heavy atom. The Morgan fingerprint density at radius 1 is 0.903 bits per heavy atom. The Hall–Kier alpha value is -3.42. The lowest BCUT2D eigenvalue weighted by molar-refractivity contribution is 0.809. The predicted octanol–water partition coefficient (Wildman–Crippen LogP) is 8.38. The summed E-state index contributed by atoms with van der Waals surface area (Å²) in [6.07, 6.45) is 8.42. The molecule has 4 rings (SSSR count). The second-order valence-corrected chi connectivity index (χ2v) is 7.93. The third kappa shape index (κ3) is 4.68. The highest BCUT2D eigenvalue weighted by Gasteiger charge is 2.17. The maximum atomic E-state index is 6.16. The van der Waals surface area contributed by atoms with E-state index in [1.54, 1.807) is 0 Å². The number of rotatable bonds is 7. The molecule has 0 aliphatic rings. The van der Waals surface area contributed by atoms with Gasteiger partial charge in [-0.2, -0.15) is 0 Å². The maximum absolute atomic E-state index is 6.16. The number of aromatic nitrogens is 1. The molecule has 4 aromatic rings. The van der Waals surface area contributed by atoms with Gasteiger partial charge in [-0.3, -0.25) is 4.98 Å². The van der Waals surface area contributed by atoms with Crippen LogP contribution in [0, 0.1) is 0 Å². The Balaban J connectivity index is 1.82. The van der Waals surface area contributed by atoms with Crippen LogP contribution < -0.4 is 0 Å². The molecule has 1 aromatic heterocycles. The van der Waals surface area contributed by atoms with Gasteiger partial charge in [0, 0.05) is 28.1 Å². The quantitative estimate of drug-likeness (QED) is 0.273. The molecular formula is C29H24ClN. The summed E-state index contributed by atoms with van der Waals surface area (Å²) in [4.78, 5) is 4.64. The zero-order chi connectivity index (χ0) is 21.6. The van der Waals surface area contributed by atoms with E-state index in [4.69, 9.17) is 11.6 Å². The van der Waals surface area contributed by atoms with Crippen LogP contribution in [0.1, 0.15) is 23.5 Å². The molecule has 0 radical (unpaired) electrons. The summed E-state index contributed by atoms with van der Waals surface area (Å²) >= 11 is 6.16. The molecule has 0 bridgehead atoms. The molecule has 1 atom stereocenters. The molecule has 1 nitrogen and oxygen atoms in total. The minimum absolute atomic E-state index is 0.171. The number of fused-ring (bicyclic) bond motifs is 1. The van der Waals surface area contributed by atoms with Crippen molar-refractivity contribution in [3.63, 3.8) is 0 Å². The van der Waals surface area contributed by atoms with Crippen molar-refractivity contribution in [1.29, 1.82) is 0 Å². The summed E-state index contributed by atoms with van der Waals surface area (Å²) in [5.74, 6) is 0.171. The average molecular weight is 422 g/mol. The van der Waals surface area contributed by atoms with Crippen molar-refractivity contribution >= 4 is 22.5 Å². The Morgan fingerprint density at radius 2 is 1.68 bits per heavy atom. The zero-order valence-electron chi connectivity index (χ0n) is 17.3. The summed E-state index contributed by atoms with van der Waals surface area (Å²) in [7, 11) is 0. The first-order valence-electron chi connectivity index (χ1n) is 10.3. The summed E-state index contributed by atoms with van der Waals surface area (Å²) in [5, 5.41) is 1.88. The lowest BCUT2D eigenvalue weighted by Gasteiger charge is -2.20. The number of pyridine rings is 1. The molecule has 0 fully saturated rings. The van der Waals surface area contributed by atoms with E-state index in [-0.39, 0.29) is 5.92 Å². The van der Waals surface area contributed by atoms with Crippen molar-refractivity contribution < 1.29 is 0 Å². The predicted molar refractivity (Wildman–Crippen MR) is 134 cm³/mol. The van der Waals surface area contributed by atoms with Gasteiger partial charge in [-0.05, 0) is 46.9 Å². The van der Waals surface area contributed by atoms with Gasteiger partial charge in [-0.25, -0.2) is 0 Å². The Kier molecular flexibility index (Phi) is 6.45. The van der Waals surface area contributed by atoms with Crippen LogP contribution in [0.4, 0.5) is 0 Å². The molecule has 1 unspecified atom stereocenters. The van der Waals surface area contributed by atoms with Crippen LogP contribution in [0.25, 0.3) is 22.0 Å². The number of hydrogen-bond acceptors (Lipinski definition) is 1. The number of benzene rings is 3. The molecule has 3 aromatic carbocycles. The van der Waals surface area contributed by atoms with E-state index in [0.717, 1.165) is 39.0 Å². The highest BCUT2D eigenvalue weighted by molar-refractivity contribution is 6.30. The number of hydrogen-bond donors (Lipinski definition) is 0. The summed E-state index contributed by atoms with van der Waals surface area (Å²) in [6, 6.07) is 27.3. The summed E-state index contributed by atoms with van der Waals surface area (Å²) in [6.45, 7) is 7.83. The van der Waals surface area contributed by atoms with Gasteiger partial charge in [0.1, 0.15) is 0 Å². The molecule has 2 heteroatoms. The fourth-order valence-corrected chi connectivity index (χ4v) is 4.12. The minimum Gasteiger partial charge on any atom is -0.256 e. The van der Waals surface area contributed by atoms with Crippen LogP contribution in [0.5, 0.6) is 0 Å². The number of para-hydroxylation sites is 1. The van der Waals surface area contributed by atoms with E-state index < -0.39 is 0 Å². The topological polar surface area (TPSA) is 12.9 Å². The normalized spacial score (nSPS) is 12.5. The monoisotopic (exact) mass is 421 g/mol. The highest BCUT2D eigenvalue weighted by Crippen LogP contribution is 2.35. The minimum atomic E-state index is 0.171. The molecular weight excluding hydrogens is 398 g/mol. The van der Waals surface area contributed by atoms with Gasteiger partial charge in [0.15, 0.2) is 0 Å². The zero-order valence-corrected chi connectivity index (χ0v) is 18.1. The molecule has 0 aliphatic carbocycles. The molecule has 1 heterocycles. The molecule has 0 amide bonds. The Labute approximate surface area is 189 Å². The molecule has 0 aliphatic heterocycles. The summed E-state index contributed by atoms with van der Waals surface area (Å²) in [5.41, 5.74) is 6.92. The number of halogens is 1. The molecule has 0 spiro atoms. The van der Waals surface area contributed by atoms with Crippen molar-refractivity contribution in [2.24, 2.45) is 0 Å². The van der Waals surface area contributed by atoms with Crippen LogP contribution in [-0.2, 0) is 0 Å². The van der Waals surface area contributed by atoms with Crippen LogP contribution in [0.2, 0.25) is 5.02 Å². The van der Waals surface area contributed by atoms with Crippen molar-refractivity contribution in [2.45, 2.75) is 12.3 Å². The third-order valence-electron chi connectivity index (χ3n) is 5.54. The highest BCUT2D eigenvalue weighted by atomic mass is 35.5. The first kappa shape index (κ1) is 20.8.